The summed E-state index contributed by atoms with van der Waals surface area (Å²) in [6.45, 7) is 2.01. The van der Waals surface area contributed by atoms with E-state index in [2.05, 4.69) is 15.0 Å². The molecule has 1 aliphatic carbocycles. The van der Waals surface area contributed by atoms with Gasteiger partial charge >= 0.3 is 11.9 Å². The van der Waals surface area contributed by atoms with Gasteiger partial charge in [-0.3, -0.25) is 4.79 Å². The van der Waals surface area contributed by atoms with Crippen molar-refractivity contribution in [2.75, 3.05) is 0 Å². The highest BCUT2D eigenvalue weighted by Crippen LogP contribution is 2.33. The van der Waals surface area contributed by atoms with E-state index < -0.39 is 11.9 Å². The van der Waals surface area contributed by atoms with E-state index in [1.165, 1.54) is 0 Å². The highest BCUT2D eigenvalue weighted by molar-refractivity contribution is 6.11. The number of aliphatic carboxylic acids is 2. The van der Waals surface area contributed by atoms with Crippen LogP contribution in [0.15, 0.2) is 42.7 Å². The zero-order valence-corrected chi connectivity index (χ0v) is 15.8. The van der Waals surface area contributed by atoms with Crippen molar-refractivity contribution >= 4 is 28.6 Å². The van der Waals surface area contributed by atoms with E-state index in [4.69, 9.17) is 10.2 Å². The molecule has 150 valence electrons. The highest BCUT2D eigenvalue weighted by atomic mass is 16.4. The van der Waals surface area contributed by atoms with E-state index in [9.17, 15) is 14.4 Å². The third-order valence-electron chi connectivity index (χ3n) is 4.89. The lowest BCUT2D eigenvalue weighted by molar-refractivity contribution is -0.134. The number of nitrogens with zero attached hydrogens (tertiary/aromatic N) is 1. The minimum Gasteiger partial charge on any atom is -0.478 e. The van der Waals surface area contributed by atoms with Gasteiger partial charge < -0.3 is 20.2 Å². The van der Waals surface area contributed by atoms with Gasteiger partial charge in [-0.15, -0.1) is 0 Å². The molecule has 1 aliphatic rings. The average Bonchev–Trinajstić information content (AvgIpc) is 3.26. The molecule has 4 N–H and O–H groups in total. The molecule has 8 heteroatoms. The number of H-pyrrole nitrogens is 2. The molecule has 0 fully saturated rings. The maximum atomic E-state index is 12.9. The topological polar surface area (TPSA) is 136 Å². The standard InChI is InChI=1S/C17H17N3O.C4H4O4/c1-10-15(19-9-18-10)8-11-6-7-14-16(17(11)21)12-4-2-3-5-13(12)20-14;5-3(6)1-2-4(7)8/h2-5,9,11,20H,6-8H2,1H3,(H,18,19);1-2H,(H,5,6)(H,7,8)/b;2-1-. The Kier molecular flexibility index (Phi) is 5.92. The summed E-state index contributed by atoms with van der Waals surface area (Å²) in [5, 5.41) is 16.7. The van der Waals surface area contributed by atoms with E-state index in [1.54, 1.807) is 6.33 Å². The number of benzene rings is 1. The molecule has 0 saturated heterocycles. The molecule has 29 heavy (non-hydrogen) atoms. The molecule has 2 aromatic heterocycles. The molecule has 0 saturated carbocycles. The van der Waals surface area contributed by atoms with E-state index in [0.717, 1.165) is 52.8 Å². The number of ketones is 1. The first kappa shape index (κ1) is 20.1. The number of aryl methyl sites for hydroxylation is 2. The molecule has 0 spiro atoms. The maximum absolute atomic E-state index is 12.9. The van der Waals surface area contributed by atoms with Crippen LogP contribution in [-0.2, 0) is 22.4 Å². The summed E-state index contributed by atoms with van der Waals surface area (Å²) in [6.07, 6.45) is 5.38. The number of carbonyl (C=O) groups excluding carboxylic acids is 1. The Morgan fingerprint density at radius 1 is 1.21 bits per heavy atom. The van der Waals surface area contributed by atoms with Gasteiger partial charge in [0.05, 0.1) is 12.0 Å². The number of imidazole rings is 1. The van der Waals surface area contributed by atoms with Crippen molar-refractivity contribution in [2.24, 2.45) is 5.92 Å². The van der Waals surface area contributed by atoms with Gasteiger partial charge in [0.2, 0.25) is 0 Å². The Labute approximate surface area is 166 Å². The number of aromatic nitrogens is 3. The third-order valence-corrected chi connectivity index (χ3v) is 4.89. The number of hydrogen-bond donors (Lipinski definition) is 4. The molecule has 8 nitrogen and oxygen atoms in total. The van der Waals surface area contributed by atoms with E-state index in [1.807, 2.05) is 31.2 Å². The average molecular weight is 395 g/mol. The smallest absolute Gasteiger partial charge is 0.328 e. The number of hydrogen-bond acceptors (Lipinski definition) is 4. The van der Waals surface area contributed by atoms with Crippen molar-refractivity contribution in [2.45, 2.75) is 26.2 Å². The maximum Gasteiger partial charge on any atom is 0.328 e. The molecule has 2 heterocycles. The van der Waals surface area contributed by atoms with Gasteiger partial charge in [-0.1, -0.05) is 18.2 Å². The zero-order chi connectivity index (χ0) is 21.0. The summed E-state index contributed by atoms with van der Waals surface area (Å²) in [5.74, 6) is -2.21. The minimum atomic E-state index is -1.26. The fraction of sp³-hybridized carbons (Fsp3) is 0.238. The van der Waals surface area contributed by atoms with Crippen LogP contribution in [0.4, 0.5) is 0 Å². The lowest BCUT2D eigenvalue weighted by atomic mass is 9.82. The number of carboxylic acid groups (broad SMARTS) is 2. The van der Waals surface area contributed by atoms with Gasteiger partial charge in [-0.25, -0.2) is 14.6 Å². The predicted octanol–water partition coefficient (Wildman–Crippen LogP) is 2.90. The Morgan fingerprint density at radius 2 is 1.90 bits per heavy atom. The van der Waals surface area contributed by atoms with Crippen molar-refractivity contribution < 1.29 is 24.6 Å². The van der Waals surface area contributed by atoms with Crippen LogP contribution in [0.3, 0.4) is 0 Å². The molecule has 1 aromatic carbocycles. The van der Waals surface area contributed by atoms with Crippen LogP contribution in [0.1, 0.15) is 33.9 Å². The lowest BCUT2D eigenvalue weighted by Gasteiger charge is -2.20. The number of carboxylic acids is 2. The van der Waals surface area contributed by atoms with Crippen LogP contribution in [-0.4, -0.2) is 42.9 Å². The molecule has 1 atom stereocenters. The second-order valence-electron chi connectivity index (χ2n) is 6.81. The van der Waals surface area contributed by atoms with Gasteiger partial charge in [0, 0.05) is 52.3 Å². The summed E-state index contributed by atoms with van der Waals surface area (Å²) >= 11 is 0. The highest BCUT2D eigenvalue weighted by Gasteiger charge is 2.31. The normalized spacial score (nSPS) is 15.8. The molecule has 0 amide bonds. The van der Waals surface area contributed by atoms with Gasteiger partial charge in [-0.2, -0.15) is 0 Å². The summed E-state index contributed by atoms with van der Waals surface area (Å²) in [6, 6.07) is 8.06. The molecular weight excluding hydrogens is 374 g/mol. The Bertz CT molecular complexity index is 1080. The lowest BCUT2D eigenvalue weighted by Crippen LogP contribution is -2.24. The first-order valence-corrected chi connectivity index (χ1v) is 9.13. The molecule has 4 rings (SSSR count). The van der Waals surface area contributed by atoms with Crippen LogP contribution in [0, 0.1) is 12.8 Å². The van der Waals surface area contributed by atoms with Crippen molar-refractivity contribution in [3.63, 3.8) is 0 Å². The molecule has 3 aromatic rings. The monoisotopic (exact) mass is 395 g/mol. The number of nitrogens with one attached hydrogen (secondary N) is 2. The minimum absolute atomic E-state index is 0.0405. The molecule has 0 bridgehead atoms. The fourth-order valence-corrected chi connectivity index (χ4v) is 3.48. The van der Waals surface area contributed by atoms with Crippen LogP contribution in [0.25, 0.3) is 10.9 Å². The number of para-hydroxylation sites is 1. The summed E-state index contributed by atoms with van der Waals surface area (Å²) < 4.78 is 0. The van der Waals surface area contributed by atoms with Crippen LogP contribution < -0.4 is 0 Å². The molecule has 0 radical (unpaired) electrons. The number of fused-ring (bicyclic) bond motifs is 3. The second kappa shape index (κ2) is 8.55. The number of carbonyl (C=O) groups is 3. The Balaban J connectivity index is 0.000000258. The van der Waals surface area contributed by atoms with Crippen molar-refractivity contribution in [1.29, 1.82) is 0 Å². The van der Waals surface area contributed by atoms with E-state index in [-0.39, 0.29) is 11.7 Å². The first-order valence-electron chi connectivity index (χ1n) is 9.13. The fourth-order valence-electron chi connectivity index (χ4n) is 3.48. The summed E-state index contributed by atoms with van der Waals surface area (Å²) in [7, 11) is 0. The number of aromatic amines is 2. The third kappa shape index (κ3) is 4.60. The van der Waals surface area contributed by atoms with Gasteiger partial charge in [-0.05, 0) is 25.8 Å². The van der Waals surface area contributed by atoms with Gasteiger partial charge in [0.25, 0.3) is 0 Å². The van der Waals surface area contributed by atoms with E-state index >= 15 is 0 Å². The van der Waals surface area contributed by atoms with Gasteiger partial charge in [0.1, 0.15) is 0 Å². The van der Waals surface area contributed by atoms with E-state index in [0.29, 0.717) is 12.2 Å². The van der Waals surface area contributed by atoms with Crippen molar-refractivity contribution in [3.05, 3.63) is 65.4 Å². The summed E-state index contributed by atoms with van der Waals surface area (Å²) in [4.78, 5) is 42.8. The molecule has 0 aliphatic heterocycles. The predicted molar refractivity (Wildman–Crippen MR) is 106 cm³/mol. The van der Waals surface area contributed by atoms with Crippen LogP contribution in [0.5, 0.6) is 0 Å². The van der Waals surface area contributed by atoms with Crippen molar-refractivity contribution in [1.82, 2.24) is 15.0 Å². The number of Topliss-reactive ketones (excluding diaryl/α,β-unsaturated/α-hetero) is 1. The Hall–Kier alpha value is -3.68. The summed E-state index contributed by atoms with van der Waals surface area (Å²) in [5.41, 5.74) is 5.13. The zero-order valence-electron chi connectivity index (χ0n) is 15.8. The first-order chi connectivity index (χ1) is 13.9. The number of rotatable bonds is 4. The SMILES string of the molecule is Cc1[nH]cnc1CC1CCc2[nH]c3ccccc3c2C1=O.O=C(O)/C=C\C(=O)O. The van der Waals surface area contributed by atoms with Crippen LogP contribution in [0.2, 0.25) is 0 Å². The van der Waals surface area contributed by atoms with Gasteiger partial charge in [0.15, 0.2) is 5.78 Å². The Morgan fingerprint density at radius 3 is 2.52 bits per heavy atom. The van der Waals surface area contributed by atoms with Crippen LogP contribution >= 0.6 is 0 Å². The second-order valence-corrected chi connectivity index (χ2v) is 6.81. The van der Waals surface area contributed by atoms with Crippen molar-refractivity contribution in [3.8, 4) is 0 Å². The quantitative estimate of drug-likeness (QED) is 0.502. The largest absolute Gasteiger partial charge is 0.478 e. The molecule has 1 unspecified atom stereocenters. The molecular formula is C21H21N3O5.